The lowest BCUT2D eigenvalue weighted by molar-refractivity contribution is -0.118. The molecule has 0 aliphatic rings. The van der Waals surface area contributed by atoms with Crippen LogP contribution in [0.25, 0.3) is 0 Å². The fourth-order valence-electron chi connectivity index (χ4n) is 2.78. The maximum absolute atomic E-state index is 13.2. The monoisotopic (exact) mass is 462 g/mol. The zero-order chi connectivity index (χ0) is 22.4. The highest BCUT2D eigenvalue weighted by molar-refractivity contribution is 7.89. The molecule has 162 valence electrons. The maximum Gasteiger partial charge on any atom is 0.262 e. The highest BCUT2D eigenvalue weighted by Gasteiger charge is 2.20. The van der Waals surface area contributed by atoms with Crippen molar-refractivity contribution in [3.05, 3.63) is 89.2 Å². The Hall–Kier alpha value is -2.94. The minimum Gasteiger partial charge on any atom is -0.482 e. The Balaban J connectivity index is 1.63. The average molecular weight is 463 g/mol. The van der Waals surface area contributed by atoms with Crippen LogP contribution >= 0.6 is 11.6 Å². The summed E-state index contributed by atoms with van der Waals surface area (Å²) in [7, 11) is -3.83. The third kappa shape index (κ3) is 6.27. The normalized spacial score (nSPS) is 12.2. The first-order valence-corrected chi connectivity index (χ1v) is 11.2. The standard InChI is InChI=1S/C22H20ClFN2O4S/c1-15(16-6-3-2-4-7-16)26-31(28,29)19-10-11-21(20(23)13-19)30-14-22(27)25-18-9-5-8-17(24)12-18/h2-13,15,26H,14H2,1H3,(H,25,27)/t15-/m1/s1. The van der Waals surface area contributed by atoms with Crippen molar-refractivity contribution in [2.24, 2.45) is 0 Å². The molecule has 0 saturated heterocycles. The average Bonchev–Trinajstić information content (AvgIpc) is 2.73. The number of benzene rings is 3. The summed E-state index contributed by atoms with van der Waals surface area (Å²) >= 11 is 6.15. The van der Waals surface area contributed by atoms with Gasteiger partial charge in [-0.3, -0.25) is 4.79 Å². The van der Waals surface area contributed by atoms with Gasteiger partial charge in [-0.15, -0.1) is 0 Å². The molecule has 1 atom stereocenters. The molecule has 0 bridgehead atoms. The van der Waals surface area contributed by atoms with Crippen molar-refractivity contribution in [2.75, 3.05) is 11.9 Å². The fraction of sp³-hybridized carbons (Fsp3) is 0.136. The molecule has 0 fully saturated rings. The largest absolute Gasteiger partial charge is 0.482 e. The highest BCUT2D eigenvalue weighted by atomic mass is 35.5. The molecular formula is C22H20ClFN2O4S. The quantitative estimate of drug-likeness (QED) is 0.515. The minimum atomic E-state index is -3.83. The van der Waals surface area contributed by atoms with Gasteiger partial charge in [0.25, 0.3) is 5.91 Å². The third-order valence-corrected chi connectivity index (χ3v) is 6.15. The molecule has 3 aromatic rings. The number of carbonyl (C=O) groups is 1. The number of anilines is 1. The molecular weight excluding hydrogens is 443 g/mol. The van der Waals surface area contributed by atoms with Crippen molar-refractivity contribution in [3.63, 3.8) is 0 Å². The Labute approximate surface area is 185 Å². The van der Waals surface area contributed by atoms with E-state index in [1.165, 1.54) is 42.5 Å². The van der Waals surface area contributed by atoms with Gasteiger partial charge in [0.05, 0.1) is 9.92 Å². The number of hydrogen-bond acceptors (Lipinski definition) is 4. The van der Waals surface area contributed by atoms with Crippen LogP contribution in [-0.2, 0) is 14.8 Å². The number of halogens is 2. The van der Waals surface area contributed by atoms with Gasteiger partial charge >= 0.3 is 0 Å². The molecule has 3 aromatic carbocycles. The smallest absolute Gasteiger partial charge is 0.262 e. The summed E-state index contributed by atoms with van der Waals surface area (Å²) in [6.07, 6.45) is 0. The topological polar surface area (TPSA) is 84.5 Å². The van der Waals surface area contributed by atoms with Gasteiger partial charge in [0.2, 0.25) is 10.0 Å². The van der Waals surface area contributed by atoms with Gasteiger partial charge in [-0.1, -0.05) is 48.0 Å². The summed E-state index contributed by atoms with van der Waals surface area (Å²) in [4.78, 5) is 12.0. The van der Waals surface area contributed by atoms with E-state index in [-0.39, 0.29) is 22.3 Å². The Bertz CT molecular complexity index is 1170. The van der Waals surface area contributed by atoms with Gasteiger partial charge in [0.1, 0.15) is 11.6 Å². The number of hydrogen-bond donors (Lipinski definition) is 2. The Kier molecular flexibility index (Phi) is 7.27. The predicted molar refractivity (Wildman–Crippen MR) is 117 cm³/mol. The molecule has 31 heavy (non-hydrogen) atoms. The van der Waals surface area contributed by atoms with Crippen molar-refractivity contribution in [1.29, 1.82) is 0 Å². The van der Waals surface area contributed by atoms with Crippen LogP contribution in [0, 0.1) is 5.82 Å². The molecule has 0 aromatic heterocycles. The first-order chi connectivity index (χ1) is 14.7. The van der Waals surface area contributed by atoms with E-state index in [1.807, 2.05) is 30.3 Å². The molecule has 0 aliphatic heterocycles. The number of rotatable bonds is 8. The van der Waals surface area contributed by atoms with Crippen LogP contribution in [0.15, 0.2) is 77.7 Å². The zero-order valence-corrected chi connectivity index (χ0v) is 18.1. The number of sulfonamides is 1. The molecule has 9 heteroatoms. The first-order valence-electron chi connectivity index (χ1n) is 9.29. The van der Waals surface area contributed by atoms with Crippen molar-refractivity contribution in [3.8, 4) is 5.75 Å². The summed E-state index contributed by atoms with van der Waals surface area (Å²) in [6, 6.07) is 18.1. The van der Waals surface area contributed by atoms with Gasteiger partial charge in [-0.25, -0.2) is 17.5 Å². The van der Waals surface area contributed by atoms with E-state index in [1.54, 1.807) is 6.92 Å². The van der Waals surface area contributed by atoms with Crippen LogP contribution in [0.5, 0.6) is 5.75 Å². The maximum atomic E-state index is 13.2. The number of amides is 1. The van der Waals surface area contributed by atoms with Crippen LogP contribution in [-0.4, -0.2) is 20.9 Å². The van der Waals surface area contributed by atoms with Gasteiger partial charge in [0.15, 0.2) is 6.61 Å². The summed E-state index contributed by atoms with van der Waals surface area (Å²) in [5.41, 5.74) is 1.11. The number of carbonyl (C=O) groups excluding carboxylic acids is 1. The summed E-state index contributed by atoms with van der Waals surface area (Å²) in [5, 5.41) is 2.53. The van der Waals surface area contributed by atoms with Crippen LogP contribution in [0.3, 0.4) is 0 Å². The number of nitrogens with one attached hydrogen (secondary N) is 2. The summed E-state index contributed by atoms with van der Waals surface area (Å²) in [5.74, 6) is -0.850. The molecule has 0 radical (unpaired) electrons. The molecule has 1 amide bonds. The van der Waals surface area contributed by atoms with Crippen molar-refractivity contribution in [1.82, 2.24) is 4.72 Å². The molecule has 0 saturated carbocycles. The van der Waals surface area contributed by atoms with E-state index in [4.69, 9.17) is 16.3 Å². The van der Waals surface area contributed by atoms with E-state index in [2.05, 4.69) is 10.0 Å². The van der Waals surface area contributed by atoms with Crippen LogP contribution in [0.4, 0.5) is 10.1 Å². The summed E-state index contributed by atoms with van der Waals surface area (Å²) in [6.45, 7) is 1.36. The third-order valence-electron chi connectivity index (χ3n) is 4.31. The van der Waals surface area contributed by atoms with Crippen LogP contribution < -0.4 is 14.8 Å². The van der Waals surface area contributed by atoms with E-state index in [0.29, 0.717) is 5.69 Å². The van der Waals surface area contributed by atoms with Gasteiger partial charge in [0, 0.05) is 11.7 Å². The van der Waals surface area contributed by atoms with Gasteiger partial charge in [-0.05, 0) is 48.9 Å². The SMILES string of the molecule is C[C@@H](NS(=O)(=O)c1ccc(OCC(=O)Nc2cccc(F)c2)c(Cl)c1)c1ccccc1. The second kappa shape index (κ2) is 9.91. The van der Waals surface area contributed by atoms with E-state index in [0.717, 1.165) is 5.56 Å². The lowest BCUT2D eigenvalue weighted by atomic mass is 10.1. The number of ether oxygens (including phenoxy) is 1. The highest BCUT2D eigenvalue weighted by Crippen LogP contribution is 2.28. The Morgan fingerprint density at radius 1 is 1.06 bits per heavy atom. The van der Waals surface area contributed by atoms with Crippen LogP contribution in [0.2, 0.25) is 5.02 Å². The zero-order valence-electron chi connectivity index (χ0n) is 16.5. The van der Waals surface area contributed by atoms with Gasteiger partial charge in [-0.2, -0.15) is 0 Å². The molecule has 2 N–H and O–H groups in total. The lowest BCUT2D eigenvalue weighted by Gasteiger charge is -2.15. The molecule has 0 aliphatic carbocycles. The summed E-state index contributed by atoms with van der Waals surface area (Å²) < 4.78 is 46.5. The molecule has 0 unspecified atom stereocenters. The molecule has 0 heterocycles. The second-order valence-electron chi connectivity index (χ2n) is 6.69. The van der Waals surface area contributed by atoms with Gasteiger partial charge < -0.3 is 10.1 Å². The lowest BCUT2D eigenvalue weighted by Crippen LogP contribution is -2.27. The minimum absolute atomic E-state index is 0.0307. The van der Waals surface area contributed by atoms with Crippen molar-refractivity contribution < 1.29 is 22.3 Å². The second-order valence-corrected chi connectivity index (χ2v) is 8.81. The Morgan fingerprint density at radius 2 is 1.81 bits per heavy atom. The fourth-order valence-corrected chi connectivity index (χ4v) is 4.34. The van der Waals surface area contributed by atoms with E-state index < -0.39 is 27.8 Å². The Morgan fingerprint density at radius 3 is 2.48 bits per heavy atom. The molecule has 6 nitrogen and oxygen atoms in total. The first kappa shape index (κ1) is 22.7. The predicted octanol–water partition coefficient (Wildman–Crippen LogP) is 4.54. The van der Waals surface area contributed by atoms with Crippen molar-refractivity contribution >= 4 is 33.2 Å². The van der Waals surface area contributed by atoms with E-state index in [9.17, 15) is 17.6 Å². The van der Waals surface area contributed by atoms with Crippen LogP contribution in [0.1, 0.15) is 18.5 Å². The van der Waals surface area contributed by atoms with E-state index >= 15 is 0 Å². The molecule has 3 rings (SSSR count). The molecule has 0 spiro atoms. The van der Waals surface area contributed by atoms with Crippen molar-refractivity contribution in [2.45, 2.75) is 17.9 Å².